The van der Waals surface area contributed by atoms with Gasteiger partial charge in [0.05, 0.1) is 11.3 Å². The van der Waals surface area contributed by atoms with E-state index in [4.69, 9.17) is 9.15 Å². The molecule has 0 fully saturated rings. The fourth-order valence-corrected chi connectivity index (χ4v) is 2.67. The molecule has 142 valence electrons. The SMILES string of the molecule is O=Cc1ccc(-c2ccc(C(=O)OCC(=O)Nc3ccc(Br)cc3F)cc2)o1. The smallest absolute Gasteiger partial charge is 0.338 e. The van der Waals surface area contributed by atoms with Crippen LogP contribution >= 0.6 is 15.9 Å². The Kier molecular flexibility index (Phi) is 6.00. The summed E-state index contributed by atoms with van der Waals surface area (Å²) in [6.07, 6.45) is 0.598. The Morgan fingerprint density at radius 3 is 2.50 bits per heavy atom. The van der Waals surface area contributed by atoms with Crippen LogP contribution in [-0.4, -0.2) is 24.8 Å². The van der Waals surface area contributed by atoms with Crippen molar-refractivity contribution in [2.75, 3.05) is 11.9 Å². The second-order valence-electron chi connectivity index (χ2n) is 5.65. The minimum atomic E-state index is -0.703. The first-order valence-corrected chi connectivity index (χ1v) is 8.83. The van der Waals surface area contributed by atoms with Crippen LogP contribution in [0.3, 0.4) is 0 Å². The molecule has 1 heterocycles. The first kappa shape index (κ1) is 19.5. The van der Waals surface area contributed by atoms with Gasteiger partial charge in [0, 0.05) is 10.0 Å². The zero-order chi connectivity index (χ0) is 20.1. The molecule has 0 unspecified atom stereocenters. The summed E-state index contributed by atoms with van der Waals surface area (Å²) in [5.41, 5.74) is 0.892. The summed E-state index contributed by atoms with van der Waals surface area (Å²) in [5.74, 6) is -1.29. The van der Waals surface area contributed by atoms with E-state index in [0.717, 1.165) is 0 Å². The van der Waals surface area contributed by atoms with Gasteiger partial charge in [0.15, 0.2) is 18.7 Å². The molecule has 1 aromatic heterocycles. The van der Waals surface area contributed by atoms with Crippen LogP contribution in [0.15, 0.2) is 63.5 Å². The minimum Gasteiger partial charge on any atom is -0.453 e. The van der Waals surface area contributed by atoms with Crippen molar-refractivity contribution >= 4 is 39.8 Å². The third-order valence-corrected chi connectivity index (χ3v) is 4.18. The largest absolute Gasteiger partial charge is 0.453 e. The number of amides is 1. The highest BCUT2D eigenvalue weighted by atomic mass is 79.9. The number of rotatable bonds is 6. The van der Waals surface area contributed by atoms with Gasteiger partial charge in [-0.3, -0.25) is 9.59 Å². The number of carbonyl (C=O) groups is 3. The summed E-state index contributed by atoms with van der Waals surface area (Å²) >= 11 is 3.12. The molecule has 28 heavy (non-hydrogen) atoms. The molecular formula is C20H13BrFNO5. The second kappa shape index (κ2) is 8.62. The fraction of sp³-hybridized carbons (Fsp3) is 0.0500. The molecule has 0 saturated heterocycles. The summed E-state index contributed by atoms with van der Waals surface area (Å²) in [4.78, 5) is 34.6. The molecule has 3 rings (SSSR count). The van der Waals surface area contributed by atoms with E-state index in [0.29, 0.717) is 22.1 Å². The number of aldehydes is 1. The van der Waals surface area contributed by atoms with Gasteiger partial charge < -0.3 is 14.5 Å². The minimum absolute atomic E-state index is 0.0123. The maximum atomic E-state index is 13.7. The lowest BCUT2D eigenvalue weighted by Crippen LogP contribution is -2.21. The number of benzene rings is 2. The molecule has 6 nitrogen and oxygen atoms in total. The number of esters is 1. The lowest BCUT2D eigenvalue weighted by atomic mass is 10.1. The third kappa shape index (κ3) is 4.72. The van der Waals surface area contributed by atoms with Crippen LogP contribution in [0, 0.1) is 5.82 Å². The predicted molar refractivity (Wildman–Crippen MR) is 103 cm³/mol. The van der Waals surface area contributed by atoms with Gasteiger partial charge >= 0.3 is 5.97 Å². The van der Waals surface area contributed by atoms with Gasteiger partial charge in [0.1, 0.15) is 11.6 Å². The maximum absolute atomic E-state index is 13.7. The highest BCUT2D eigenvalue weighted by molar-refractivity contribution is 9.10. The van der Waals surface area contributed by atoms with Gasteiger partial charge in [-0.1, -0.05) is 28.1 Å². The number of nitrogens with one attached hydrogen (secondary N) is 1. The van der Waals surface area contributed by atoms with Gasteiger partial charge in [-0.2, -0.15) is 0 Å². The highest BCUT2D eigenvalue weighted by Crippen LogP contribution is 2.22. The molecule has 2 aromatic carbocycles. The molecule has 1 amide bonds. The van der Waals surface area contributed by atoms with Crippen molar-refractivity contribution in [2.45, 2.75) is 0 Å². The normalized spacial score (nSPS) is 10.4. The Morgan fingerprint density at radius 2 is 1.86 bits per heavy atom. The predicted octanol–water partition coefficient (Wildman–Crippen LogP) is 4.46. The van der Waals surface area contributed by atoms with Crippen molar-refractivity contribution in [2.24, 2.45) is 0 Å². The van der Waals surface area contributed by atoms with Gasteiger partial charge in [-0.15, -0.1) is 0 Å². The van der Waals surface area contributed by atoms with E-state index in [-0.39, 0.29) is 17.0 Å². The molecule has 0 radical (unpaired) electrons. The van der Waals surface area contributed by atoms with Crippen molar-refractivity contribution in [1.29, 1.82) is 0 Å². The van der Waals surface area contributed by atoms with E-state index in [9.17, 15) is 18.8 Å². The fourth-order valence-electron chi connectivity index (χ4n) is 2.33. The molecule has 0 aliphatic carbocycles. The number of ether oxygens (including phenoxy) is 1. The van der Waals surface area contributed by atoms with Crippen molar-refractivity contribution in [1.82, 2.24) is 0 Å². The average molecular weight is 446 g/mol. The summed E-state index contributed by atoms with van der Waals surface area (Å²) in [6, 6.07) is 13.6. The Bertz CT molecular complexity index is 1030. The average Bonchev–Trinajstić information content (AvgIpc) is 3.18. The number of hydrogen-bond acceptors (Lipinski definition) is 5. The zero-order valence-electron chi connectivity index (χ0n) is 14.3. The van der Waals surface area contributed by atoms with Crippen LogP contribution in [0.25, 0.3) is 11.3 Å². The first-order chi connectivity index (χ1) is 13.5. The van der Waals surface area contributed by atoms with Crippen molar-refractivity contribution in [3.8, 4) is 11.3 Å². The maximum Gasteiger partial charge on any atom is 0.338 e. The van der Waals surface area contributed by atoms with Crippen LogP contribution in [0.1, 0.15) is 20.9 Å². The number of hydrogen-bond donors (Lipinski definition) is 1. The molecule has 8 heteroatoms. The summed E-state index contributed by atoms with van der Waals surface area (Å²) in [7, 11) is 0. The quantitative estimate of drug-likeness (QED) is 0.447. The van der Waals surface area contributed by atoms with E-state index in [1.54, 1.807) is 24.3 Å². The van der Waals surface area contributed by atoms with Crippen molar-refractivity contribution in [3.05, 3.63) is 76.2 Å². The van der Waals surface area contributed by atoms with E-state index < -0.39 is 24.3 Å². The first-order valence-electron chi connectivity index (χ1n) is 8.04. The monoisotopic (exact) mass is 445 g/mol. The Balaban J connectivity index is 1.57. The Morgan fingerprint density at radius 1 is 1.11 bits per heavy atom. The lowest BCUT2D eigenvalue weighted by molar-refractivity contribution is -0.119. The molecule has 3 aromatic rings. The summed E-state index contributed by atoms with van der Waals surface area (Å²) in [6.45, 7) is -0.559. The lowest BCUT2D eigenvalue weighted by Gasteiger charge is -2.08. The van der Waals surface area contributed by atoms with E-state index >= 15 is 0 Å². The van der Waals surface area contributed by atoms with Crippen LogP contribution in [0.4, 0.5) is 10.1 Å². The van der Waals surface area contributed by atoms with Crippen LogP contribution in [0.5, 0.6) is 0 Å². The van der Waals surface area contributed by atoms with Crippen molar-refractivity contribution < 1.29 is 27.9 Å². The molecule has 0 aliphatic rings. The molecule has 1 N–H and O–H groups in total. The van der Waals surface area contributed by atoms with Crippen molar-refractivity contribution in [3.63, 3.8) is 0 Å². The van der Waals surface area contributed by atoms with Gasteiger partial charge in [0.2, 0.25) is 0 Å². The molecule has 0 aliphatic heterocycles. The van der Waals surface area contributed by atoms with E-state index in [1.807, 2.05) is 0 Å². The number of anilines is 1. The van der Waals surface area contributed by atoms with Crippen LogP contribution in [0.2, 0.25) is 0 Å². The number of furan rings is 1. The van der Waals surface area contributed by atoms with E-state index in [1.165, 1.54) is 30.3 Å². The number of halogens is 2. The van der Waals surface area contributed by atoms with Gasteiger partial charge in [0.25, 0.3) is 5.91 Å². The Hall–Kier alpha value is -3.26. The molecule has 0 spiro atoms. The Labute approximate surface area is 167 Å². The zero-order valence-corrected chi connectivity index (χ0v) is 15.9. The summed E-state index contributed by atoms with van der Waals surface area (Å²) < 4.78 is 24.5. The third-order valence-electron chi connectivity index (χ3n) is 3.69. The molecule has 0 atom stereocenters. The van der Waals surface area contributed by atoms with Gasteiger partial charge in [-0.05, 0) is 42.5 Å². The van der Waals surface area contributed by atoms with Crippen LogP contribution < -0.4 is 5.32 Å². The summed E-state index contributed by atoms with van der Waals surface area (Å²) in [5, 5.41) is 2.33. The van der Waals surface area contributed by atoms with Crippen LogP contribution in [-0.2, 0) is 9.53 Å². The molecule has 0 bridgehead atoms. The highest BCUT2D eigenvalue weighted by Gasteiger charge is 2.13. The molecular weight excluding hydrogens is 433 g/mol. The van der Waals surface area contributed by atoms with E-state index in [2.05, 4.69) is 21.2 Å². The standard InChI is InChI=1S/C20H13BrFNO5/c21-14-5-7-17(16(22)9-14)23-19(25)11-27-20(26)13-3-1-12(2-4-13)18-8-6-15(10-24)28-18/h1-10H,11H2,(H,23,25). The topological polar surface area (TPSA) is 85.6 Å². The number of carbonyl (C=O) groups excluding carboxylic acids is 3. The second-order valence-corrected chi connectivity index (χ2v) is 6.56. The molecule has 0 saturated carbocycles. The van der Waals surface area contributed by atoms with Gasteiger partial charge in [-0.25, -0.2) is 9.18 Å².